The quantitative estimate of drug-likeness (QED) is 0.519. The maximum atomic E-state index is 8.95. The third-order valence-corrected chi connectivity index (χ3v) is 3.30. The van der Waals surface area contributed by atoms with Gasteiger partial charge in [0.05, 0.1) is 5.02 Å². The molecule has 2 aromatic carbocycles. The van der Waals surface area contributed by atoms with E-state index in [0.717, 1.165) is 0 Å². The Kier molecular flexibility index (Phi) is 5.04. The lowest BCUT2D eigenvalue weighted by molar-refractivity contribution is 0.305. The summed E-state index contributed by atoms with van der Waals surface area (Å²) in [7, 11) is 0. The number of hydrogen-bond donors (Lipinski definition) is 1. The number of ether oxygens (including phenoxy) is 1. The van der Waals surface area contributed by atoms with E-state index in [9.17, 15) is 0 Å². The molecule has 2 rings (SSSR count). The van der Waals surface area contributed by atoms with Gasteiger partial charge in [0.2, 0.25) is 0 Å². The molecule has 2 aromatic rings. The summed E-state index contributed by atoms with van der Waals surface area (Å²) < 4.78 is 5.62. The highest BCUT2D eigenvalue weighted by molar-refractivity contribution is 6.34. The number of oxime groups is 1. The molecule has 0 aromatic heterocycles. The first-order chi connectivity index (χ1) is 10.2. The van der Waals surface area contributed by atoms with Gasteiger partial charge in [-0.15, -0.1) is 0 Å². The standard InChI is InChI=1S/C15H10Cl2N2O2/c16-11-5-6-13(17)15(7-11)21-9-10-3-1-2-4-12(10)14(8-18)19-20/h1-7,20H,9H2/b19-14-. The van der Waals surface area contributed by atoms with Crippen molar-refractivity contribution in [1.82, 2.24) is 0 Å². The Bertz CT molecular complexity index is 724. The van der Waals surface area contributed by atoms with Gasteiger partial charge in [0.25, 0.3) is 0 Å². The van der Waals surface area contributed by atoms with Crippen LogP contribution in [0.5, 0.6) is 5.75 Å². The van der Waals surface area contributed by atoms with E-state index in [-0.39, 0.29) is 12.3 Å². The minimum atomic E-state index is -0.0774. The number of hydrogen-bond acceptors (Lipinski definition) is 4. The molecule has 0 heterocycles. The second-order valence-corrected chi connectivity index (χ2v) is 4.92. The molecule has 0 aliphatic rings. The lowest BCUT2D eigenvalue weighted by Crippen LogP contribution is -2.06. The first-order valence-electron chi connectivity index (χ1n) is 5.94. The normalized spacial score (nSPS) is 11.0. The molecule has 4 nitrogen and oxygen atoms in total. The van der Waals surface area contributed by atoms with Gasteiger partial charge in [-0.3, -0.25) is 0 Å². The fourth-order valence-electron chi connectivity index (χ4n) is 1.76. The highest BCUT2D eigenvalue weighted by Crippen LogP contribution is 2.28. The molecular formula is C15H10Cl2N2O2. The number of nitriles is 1. The molecule has 0 unspecified atom stereocenters. The van der Waals surface area contributed by atoms with Crippen LogP contribution in [0.25, 0.3) is 0 Å². The van der Waals surface area contributed by atoms with Crippen LogP contribution in [-0.4, -0.2) is 10.9 Å². The second kappa shape index (κ2) is 6.98. The van der Waals surface area contributed by atoms with E-state index in [0.29, 0.717) is 26.9 Å². The van der Waals surface area contributed by atoms with Gasteiger partial charge in [0.1, 0.15) is 18.4 Å². The van der Waals surface area contributed by atoms with E-state index in [1.165, 1.54) is 0 Å². The predicted molar refractivity (Wildman–Crippen MR) is 81.2 cm³/mol. The summed E-state index contributed by atoms with van der Waals surface area (Å²) >= 11 is 11.9. The van der Waals surface area contributed by atoms with Gasteiger partial charge >= 0.3 is 0 Å². The van der Waals surface area contributed by atoms with Crippen molar-refractivity contribution < 1.29 is 9.94 Å². The average Bonchev–Trinajstić information content (AvgIpc) is 2.50. The molecule has 106 valence electrons. The Morgan fingerprint density at radius 3 is 2.71 bits per heavy atom. The average molecular weight is 321 g/mol. The molecule has 0 fully saturated rings. The minimum Gasteiger partial charge on any atom is -0.487 e. The van der Waals surface area contributed by atoms with Crippen molar-refractivity contribution in [3.05, 3.63) is 63.6 Å². The van der Waals surface area contributed by atoms with Gasteiger partial charge in [-0.1, -0.05) is 52.6 Å². The van der Waals surface area contributed by atoms with Crippen LogP contribution in [0.4, 0.5) is 0 Å². The Balaban J connectivity index is 2.25. The third-order valence-electron chi connectivity index (χ3n) is 2.75. The minimum absolute atomic E-state index is 0.0774. The molecule has 0 aliphatic heterocycles. The van der Waals surface area contributed by atoms with Crippen molar-refractivity contribution in [3.63, 3.8) is 0 Å². The lowest BCUT2D eigenvalue weighted by Gasteiger charge is -2.11. The third kappa shape index (κ3) is 3.66. The summed E-state index contributed by atoms with van der Waals surface area (Å²) in [6.07, 6.45) is 0. The second-order valence-electron chi connectivity index (χ2n) is 4.08. The van der Waals surface area contributed by atoms with Gasteiger partial charge in [-0.25, -0.2) is 0 Å². The van der Waals surface area contributed by atoms with E-state index in [1.807, 2.05) is 6.07 Å². The summed E-state index contributed by atoms with van der Waals surface area (Å²) in [5.41, 5.74) is 1.12. The van der Waals surface area contributed by atoms with Gasteiger partial charge in [-0.05, 0) is 17.7 Å². The lowest BCUT2D eigenvalue weighted by atomic mass is 10.0. The number of halogens is 2. The highest BCUT2D eigenvalue weighted by Gasteiger charge is 2.10. The topological polar surface area (TPSA) is 65.6 Å². The summed E-state index contributed by atoms with van der Waals surface area (Å²) in [6.45, 7) is 0.164. The highest BCUT2D eigenvalue weighted by atomic mass is 35.5. The summed E-state index contributed by atoms with van der Waals surface area (Å²) in [5, 5.41) is 21.7. The van der Waals surface area contributed by atoms with E-state index in [2.05, 4.69) is 5.16 Å². The van der Waals surface area contributed by atoms with E-state index >= 15 is 0 Å². The van der Waals surface area contributed by atoms with Crippen molar-refractivity contribution in [2.24, 2.45) is 5.16 Å². The Morgan fingerprint density at radius 1 is 1.24 bits per heavy atom. The van der Waals surface area contributed by atoms with Crippen LogP contribution >= 0.6 is 23.2 Å². The Labute approximate surface area is 131 Å². The smallest absolute Gasteiger partial charge is 0.187 e. The first-order valence-corrected chi connectivity index (χ1v) is 6.69. The molecule has 0 saturated carbocycles. The van der Waals surface area contributed by atoms with Crippen LogP contribution in [0.15, 0.2) is 47.6 Å². The van der Waals surface area contributed by atoms with Crippen LogP contribution in [0.3, 0.4) is 0 Å². The first kappa shape index (κ1) is 15.2. The van der Waals surface area contributed by atoms with Crippen LogP contribution in [0.1, 0.15) is 11.1 Å². The van der Waals surface area contributed by atoms with E-state index in [4.69, 9.17) is 38.4 Å². The fourth-order valence-corrected chi connectivity index (χ4v) is 2.09. The molecule has 0 spiro atoms. The predicted octanol–water partition coefficient (Wildman–Crippen LogP) is 4.27. The zero-order valence-electron chi connectivity index (χ0n) is 10.8. The number of nitrogens with zero attached hydrogens (tertiary/aromatic N) is 2. The van der Waals surface area contributed by atoms with Crippen LogP contribution in [0, 0.1) is 11.3 Å². The van der Waals surface area contributed by atoms with Crippen molar-refractivity contribution in [2.75, 3.05) is 0 Å². The van der Waals surface area contributed by atoms with Gasteiger partial charge < -0.3 is 9.94 Å². The zero-order chi connectivity index (χ0) is 15.2. The SMILES string of the molecule is N#C/C(=N/O)c1ccccc1COc1cc(Cl)ccc1Cl. The molecule has 0 amide bonds. The van der Waals surface area contributed by atoms with Crippen molar-refractivity contribution in [2.45, 2.75) is 6.61 Å². The Morgan fingerprint density at radius 2 is 2.00 bits per heavy atom. The fraction of sp³-hybridized carbons (Fsp3) is 0.0667. The molecule has 21 heavy (non-hydrogen) atoms. The van der Waals surface area contributed by atoms with Crippen molar-refractivity contribution in [3.8, 4) is 11.8 Å². The molecule has 0 atom stereocenters. The van der Waals surface area contributed by atoms with E-state index in [1.54, 1.807) is 42.5 Å². The largest absolute Gasteiger partial charge is 0.487 e. The summed E-state index contributed by atoms with van der Waals surface area (Å²) in [4.78, 5) is 0. The molecule has 6 heteroatoms. The Hall–Kier alpha value is -2.22. The van der Waals surface area contributed by atoms with Gasteiger partial charge in [0.15, 0.2) is 5.71 Å². The van der Waals surface area contributed by atoms with Gasteiger partial charge in [0, 0.05) is 16.7 Å². The van der Waals surface area contributed by atoms with Crippen LogP contribution in [-0.2, 0) is 6.61 Å². The number of benzene rings is 2. The summed E-state index contributed by atoms with van der Waals surface area (Å²) in [6, 6.07) is 13.7. The molecular weight excluding hydrogens is 311 g/mol. The van der Waals surface area contributed by atoms with Crippen LogP contribution < -0.4 is 4.74 Å². The number of rotatable bonds is 4. The van der Waals surface area contributed by atoms with Crippen molar-refractivity contribution >= 4 is 28.9 Å². The van der Waals surface area contributed by atoms with Crippen molar-refractivity contribution in [1.29, 1.82) is 5.26 Å². The maximum Gasteiger partial charge on any atom is 0.187 e. The van der Waals surface area contributed by atoms with Gasteiger partial charge in [-0.2, -0.15) is 5.26 Å². The molecule has 0 saturated heterocycles. The van der Waals surface area contributed by atoms with E-state index < -0.39 is 0 Å². The molecule has 0 bridgehead atoms. The monoisotopic (exact) mass is 320 g/mol. The maximum absolute atomic E-state index is 8.95. The summed E-state index contributed by atoms with van der Waals surface area (Å²) in [5.74, 6) is 0.443. The molecule has 1 N–H and O–H groups in total. The molecule has 0 aliphatic carbocycles. The zero-order valence-corrected chi connectivity index (χ0v) is 12.3. The van der Waals surface area contributed by atoms with Crippen LogP contribution in [0.2, 0.25) is 10.0 Å². The molecule has 0 radical (unpaired) electrons.